The molecule has 0 aliphatic rings. The van der Waals surface area contributed by atoms with E-state index in [2.05, 4.69) is 28.9 Å². The lowest BCUT2D eigenvalue weighted by molar-refractivity contribution is 0.0954. The number of aromatic nitrogens is 2. The Morgan fingerprint density at radius 2 is 1.56 bits per heavy atom. The first-order chi connectivity index (χ1) is 15.7. The number of unbranched alkanes of at least 4 members (excludes halogenated alkanes) is 8. The molecule has 0 spiro atoms. The third-order valence-electron chi connectivity index (χ3n) is 5.96. The van der Waals surface area contributed by atoms with Gasteiger partial charge in [-0.2, -0.15) is 0 Å². The average Bonchev–Trinajstić information content (AvgIpc) is 3.15. The largest absolute Gasteiger partial charge is 0.352 e. The molecule has 0 atom stereocenters. The number of halogens is 1. The Hall–Kier alpha value is -2.69. The highest BCUT2D eigenvalue weighted by Gasteiger charge is 2.11. The standard InChI is InChI=1S/C27H36FN3O/c1-2-3-4-5-6-7-8-9-12-21-31-25-14-11-10-13-24(25)30-26(31)19-20-29-27(32)22-15-17-23(28)18-16-22/h10-11,13-18H,2-9,12,19-21H2,1H3,(H,29,32). The quantitative estimate of drug-likeness (QED) is 0.286. The van der Waals surface area contributed by atoms with E-state index in [1.807, 2.05) is 12.1 Å². The molecule has 0 radical (unpaired) electrons. The lowest BCUT2D eigenvalue weighted by Gasteiger charge is -2.10. The molecular weight excluding hydrogens is 401 g/mol. The first kappa shape index (κ1) is 24.0. The summed E-state index contributed by atoms with van der Waals surface area (Å²) in [5, 5.41) is 2.93. The summed E-state index contributed by atoms with van der Waals surface area (Å²) in [5.74, 6) is 0.475. The van der Waals surface area contributed by atoms with Gasteiger partial charge in [-0.15, -0.1) is 0 Å². The number of hydrogen-bond donors (Lipinski definition) is 1. The van der Waals surface area contributed by atoms with Gasteiger partial charge in [-0.1, -0.05) is 70.4 Å². The zero-order valence-electron chi connectivity index (χ0n) is 19.3. The fraction of sp³-hybridized carbons (Fsp3) is 0.481. The van der Waals surface area contributed by atoms with Crippen molar-refractivity contribution in [1.29, 1.82) is 0 Å². The summed E-state index contributed by atoms with van der Waals surface area (Å²) < 4.78 is 15.4. The number of aryl methyl sites for hydroxylation is 1. The van der Waals surface area contributed by atoms with Crippen LogP contribution in [0.1, 0.15) is 80.9 Å². The van der Waals surface area contributed by atoms with Crippen molar-refractivity contribution in [3.05, 3.63) is 65.7 Å². The maximum absolute atomic E-state index is 13.1. The number of fused-ring (bicyclic) bond motifs is 1. The second kappa shape index (κ2) is 13.0. The van der Waals surface area contributed by atoms with Crippen LogP contribution in [-0.4, -0.2) is 22.0 Å². The van der Waals surface area contributed by atoms with Gasteiger partial charge in [0, 0.05) is 25.1 Å². The van der Waals surface area contributed by atoms with Gasteiger partial charge in [0.15, 0.2) is 0 Å². The fourth-order valence-corrected chi connectivity index (χ4v) is 4.14. The summed E-state index contributed by atoms with van der Waals surface area (Å²) in [4.78, 5) is 17.1. The summed E-state index contributed by atoms with van der Waals surface area (Å²) in [6.45, 7) is 3.71. The van der Waals surface area contributed by atoms with Crippen LogP contribution in [0.3, 0.4) is 0 Å². The number of rotatable bonds is 14. The number of para-hydroxylation sites is 2. The van der Waals surface area contributed by atoms with Crippen LogP contribution < -0.4 is 5.32 Å². The Morgan fingerprint density at radius 3 is 2.28 bits per heavy atom. The maximum Gasteiger partial charge on any atom is 0.251 e. The Bertz CT molecular complexity index is 965. The number of nitrogens with zero attached hydrogens (tertiary/aromatic N) is 2. The van der Waals surface area contributed by atoms with E-state index >= 15 is 0 Å². The lowest BCUT2D eigenvalue weighted by atomic mass is 10.1. The summed E-state index contributed by atoms with van der Waals surface area (Å²) in [6, 6.07) is 13.8. The van der Waals surface area contributed by atoms with Crippen molar-refractivity contribution in [2.45, 2.75) is 77.7 Å². The van der Waals surface area contributed by atoms with E-state index in [9.17, 15) is 9.18 Å². The summed E-state index contributed by atoms with van der Waals surface area (Å²) in [7, 11) is 0. The Balaban J connectivity index is 1.49. The third kappa shape index (κ3) is 7.18. The van der Waals surface area contributed by atoms with Crippen LogP contribution in [0.15, 0.2) is 48.5 Å². The number of benzene rings is 2. The first-order valence-electron chi connectivity index (χ1n) is 12.2. The number of carbonyl (C=O) groups excluding carboxylic acids is 1. The molecule has 4 nitrogen and oxygen atoms in total. The SMILES string of the molecule is CCCCCCCCCCCn1c(CCNC(=O)c2ccc(F)cc2)nc2ccccc21. The molecule has 1 N–H and O–H groups in total. The molecule has 3 rings (SSSR count). The number of amides is 1. The van der Waals surface area contributed by atoms with Crippen LogP contribution in [0.4, 0.5) is 4.39 Å². The highest BCUT2D eigenvalue weighted by molar-refractivity contribution is 5.94. The van der Waals surface area contributed by atoms with Gasteiger partial charge in [0.25, 0.3) is 5.91 Å². The zero-order valence-corrected chi connectivity index (χ0v) is 19.3. The molecule has 1 amide bonds. The van der Waals surface area contributed by atoms with E-state index in [1.165, 1.54) is 75.6 Å². The third-order valence-corrected chi connectivity index (χ3v) is 5.96. The number of hydrogen-bond acceptors (Lipinski definition) is 2. The Morgan fingerprint density at radius 1 is 0.906 bits per heavy atom. The van der Waals surface area contributed by atoms with Crippen LogP contribution in [0.25, 0.3) is 11.0 Å². The summed E-state index contributed by atoms with van der Waals surface area (Å²) in [5.41, 5.74) is 2.63. The van der Waals surface area contributed by atoms with Crippen LogP contribution in [-0.2, 0) is 13.0 Å². The van der Waals surface area contributed by atoms with Gasteiger partial charge < -0.3 is 9.88 Å². The van der Waals surface area contributed by atoms with Crippen LogP contribution in [0.2, 0.25) is 0 Å². The molecule has 5 heteroatoms. The molecule has 0 bridgehead atoms. The molecule has 0 saturated carbocycles. The van der Waals surface area contributed by atoms with Gasteiger partial charge in [0.05, 0.1) is 11.0 Å². The van der Waals surface area contributed by atoms with Gasteiger partial charge >= 0.3 is 0 Å². The van der Waals surface area contributed by atoms with Crippen molar-refractivity contribution >= 4 is 16.9 Å². The average molecular weight is 438 g/mol. The molecule has 0 aliphatic heterocycles. The van der Waals surface area contributed by atoms with E-state index < -0.39 is 0 Å². The summed E-state index contributed by atoms with van der Waals surface area (Å²) >= 11 is 0. The highest BCUT2D eigenvalue weighted by Crippen LogP contribution is 2.18. The minimum absolute atomic E-state index is 0.188. The maximum atomic E-state index is 13.1. The molecular formula is C27H36FN3O. The Labute approximate surface area is 191 Å². The molecule has 0 fully saturated rings. The van der Waals surface area contributed by atoms with Crippen molar-refractivity contribution in [2.24, 2.45) is 0 Å². The van der Waals surface area contributed by atoms with Gasteiger partial charge in [-0.05, 0) is 42.8 Å². The second-order valence-electron chi connectivity index (χ2n) is 8.51. The van der Waals surface area contributed by atoms with Crippen molar-refractivity contribution < 1.29 is 9.18 Å². The number of imidazole rings is 1. The van der Waals surface area contributed by atoms with Crippen LogP contribution in [0.5, 0.6) is 0 Å². The Kier molecular flexibility index (Phi) is 9.73. The van der Waals surface area contributed by atoms with E-state index in [4.69, 9.17) is 4.98 Å². The van der Waals surface area contributed by atoms with Crippen molar-refractivity contribution in [2.75, 3.05) is 6.54 Å². The molecule has 3 aromatic rings. The summed E-state index contributed by atoms with van der Waals surface area (Å²) in [6.07, 6.45) is 12.4. The predicted octanol–water partition coefficient (Wildman–Crippen LogP) is 6.68. The van der Waals surface area contributed by atoms with Gasteiger partial charge in [0.1, 0.15) is 11.6 Å². The zero-order chi connectivity index (χ0) is 22.6. The smallest absolute Gasteiger partial charge is 0.251 e. The van der Waals surface area contributed by atoms with Crippen molar-refractivity contribution in [3.63, 3.8) is 0 Å². The number of nitrogens with one attached hydrogen (secondary N) is 1. The van der Waals surface area contributed by atoms with Gasteiger partial charge in [-0.3, -0.25) is 4.79 Å². The lowest BCUT2D eigenvalue weighted by Crippen LogP contribution is -2.26. The molecule has 1 heterocycles. The molecule has 0 saturated heterocycles. The van der Waals surface area contributed by atoms with Crippen molar-refractivity contribution in [3.8, 4) is 0 Å². The number of carbonyl (C=O) groups is 1. The van der Waals surface area contributed by atoms with Gasteiger partial charge in [-0.25, -0.2) is 9.37 Å². The normalized spacial score (nSPS) is 11.2. The predicted molar refractivity (Wildman–Crippen MR) is 129 cm³/mol. The first-order valence-corrected chi connectivity index (χ1v) is 12.2. The van der Waals surface area contributed by atoms with E-state index in [0.29, 0.717) is 18.5 Å². The molecule has 32 heavy (non-hydrogen) atoms. The molecule has 0 aliphatic carbocycles. The van der Waals surface area contributed by atoms with E-state index in [0.717, 1.165) is 29.8 Å². The fourth-order valence-electron chi connectivity index (χ4n) is 4.14. The molecule has 172 valence electrons. The monoisotopic (exact) mass is 437 g/mol. The molecule has 0 unspecified atom stereocenters. The van der Waals surface area contributed by atoms with Gasteiger partial charge in [0.2, 0.25) is 0 Å². The van der Waals surface area contributed by atoms with E-state index in [-0.39, 0.29) is 11.7 Å². The second-order valence-corrected chi connectivity index (χ2v) is 8.51. The van der Waals surface area contributed by atoms with E-state index in [1.54, 1.807) is 0 Å². The molecule has 2 aromatic carbocycles. The highest BCUT2D eigenvalue weighted by atomic mass is 19.1. The minimum Gasteiger partial charge on any atom is -0.352 e. The minimum atomic E-state index is -0.341. The van der Waals surface area contributed by atoms with Crippen LogP contribution >= 0.6 is 0 Å². The van der Waals surface area contributed by atoms with Crippen molar-refractivity contribution in [1.82, 2.24) is 14.9 Å². The van der Waals surface area contributed by atoms with Crippen LogP contribution in [0, 0.1) is 5.82 Å². The molecule has 1 aromatic heterocycles. The topological polar surface area (TPSA) is 46.9 Å².